The minimum atomic E-state index is -0.0224. The molecule has 6 saturated heterocycles. The normalized spacial score (nSPS) is 18.7. The van der Waals surface area contributed by atoms with Gasteiger partial charge in [-0.1, -0.05) is 42.5 Å². The van der Waals surface area contributed by atoms with Crippen molar-refractivity contribution in [1.82, 2.24) is 74.3 Å². The molecular formula is C79H96Cl2N18O12. The van der Waals surface area contributed by atoms with Gasteiger partial charge in [-0.2, -0.15) is 29.9 Å². The van der Waals surface area contributed by atoms with E-state index in [0.717, 1.165) is 83.2 Å². The largest absolute Gasteiger partial charge is 0.485 e. The van der Waals surface area contributed by atoms with Gasteiger partial charge in [0.25, 0.3) is 17.7 Å². The lowest BCUT2D eigenvalue weighted by Gasteiger charge is -2.40. The summed E-state index contributed by atoms with van der Waals surface area (Å²) < 4.78 is 52.4. The number of aromatic nitrogens is 9. The molecule has 0 atom stereocenters. The molecule has 3 amide bonds. The van der Waals surface area contributed by atoms with E-state index >= 15 is 0 Å². The third-order valence-corrected chi connectivity index (χ3v) is 23.0. The van der Waals surface area contributed by atoms with Gasteiger partial charge in [-0.15, -0.1) is 0 Å². The number of rotatable bonds is 16. The molecule has 6 N–H and O–H groups in total. The van der Waals surface area contributed by atoms with Gasteiger partial charge in [0.05, 0.1) is 80.8 Å². The zero-order chi connectivity index (χ0) is 75.9. The van der Waals surface area contributed by atoms with Gasteiger partial charge < -0.3 is 103 Å². The Morgan fingerprint density at radius 3 is 1.11 bits per heavy atom. The van der Waals surface area contributed by atoms with Crippen LogP contribution in [0.15, 0.2) is 61.1 Å². The van der Waals surface area contributed by atoms with Crippen molar-refractivity contribution in [3.05, 3.63) is 87.8 Å². The number of halogens is 2. The lowest BCUT2D eigenvalue weighted by molar-refractivity contribution is 0.0575. The molecule has 0 spiro atoms. The van der Waals surface area contributed by atoms with Gasteiger partial charge in [0.1, 0.15) is 56.6 Å². The number of hydrogen-bond acceptors (Lipinski definition) is 24. The van der Waals surface area contributed by atoms with Gasteiger partial charge in [0.2, 0.25) is 35.5 Å². The summed E-state index contributed by atoms with van der Waals surface area (Å²) in [5.41, 5.74) is 5.18. The summed E-state index contributed by atoms with van der Waals surface area (Å²) >= 11 is 12.5. The van der Waals surface area contributed by atoms with Crippen LogP contribution in [0.2, 0.25) is 10.0 Å². The fourth-order valence-corrected chi connectivity index (χ4v) is 17.2. The SMILES string of the molecule is CCOc1nc(Nc2ccc(C(=O)N3CCC(N4CCCCC4)CC3)c3c2OCCO3)nc2[nH]cc(Cl)c12.COc1nc(Nc2ccc(C(=O)N3CCC(N4CCCCC4)CC3)c3c2OCCO3)nc2[nH]cc(Cl)c12.COc1nc(Nc2ccc(C(=O)N3CCC(N4CCCCC4)CC3)c3c2OCCO3)nc2[nH]ccc12. The van der Waals surface area contributed by atoms with Crippen molar-refractivity contribution in [3.8, 4) is 52.1 Å². The summed E-state index contributed by atoms with van der Waals surface area (Å²) in [4.78, 5) is 90.5. The number of aromatic amines is 3. The Hall–Kier alpha value is -10.0. The Labute approximate surface area is 653 Å². The highest BCUT2D eigenvalue weighted by Gasteiger charge is 2.37. The zero-order valence-corrected chi connectivity index (χ0v) is 64.6. The number of likely N-dealkylation sites (tertiary alicyclic amines) is 6. The lowest BCUT2D eigenvalue weighted by Crippen LogP contribution is -2.48. The number of piperidine rings is 6. The van der Waals surface area contributed by atoms with E-state index in [2.05, 4.69) is 75.5 Å². The molecule has 18 rings (SSSR count). The van der Waals surface area contributed by atoms with Crippen molar-refractivity contribution >= 4 is 109 Å². The minimum Gasteiger partial charge on any atom is -0.485 e. The summed E-state index contributed by atoms with van der Waals surface area (Å²) in [6.45, 7) is 16.3. The number of carbonyl (C=O) groups is 3. The van der Waals surface area contributed by atoms with Crippen LogP contribution in [0.1, 0.15) is 134 Å². The molecular weight excluding hydrogens is 1460 g/mol. The van der Waals surface area contributed by atoms with Crippen LogP contribution in [0.4, 0.5) is 34.9 Å². The Balaban J connectivity index is 0.000000126. The van der Waals surface area contributed by atoms with E-state index in [1.807, 2.05) is 45.9 Å². The average Bonchev–Trinajstić information content (AvgIpc) is 1.64. The Kier molecular flexibility index (Phi) is 23.2. The van der Waals surface area contributed by atoms with Gasteiger partial charge >= 0.3 is 0 Å². The van der Waals surface area contributed by atoms with Crippen molar-refractivity contribution < 1.29 is 57.0 Å². The summed E-state index contributed by atoms with van der Waals surface area (Å²) in [5, 5.41) is 12.7. The van der Waals surface area contributed by atoms with Crippen molar-refractivity contribution in [2.24, 2.45) is 0 Å². The molecule has 588 valence electrons. The first kappa shape index (κ1) is 75.0. The second kappa shape index (κ2) is 34.3. The van der Waals surface area contributed by atoms with Crippen molar-refractivity contribution in [3.63, 3.8) is 0 Å². The highest BCUT2D eigenvalue weighted by Crippen LogP contribution is 2.47. The van der Waals surface area contributed by atoms with Gasteiger partial charge in [0.15, 0.2) is 34.5 Å². The summed E-state index contributed by atoms with van der Waals surface area (Å²) in [6, 6.07) is 14.4. The molecule has 0 saturated carbocycles. The van der Waals surface area contributed by atoms with E-state index in [-0.39, 0.29) is 17.7 Å². The standard InChI is InChI=1S/C27H33ClN6O4.C26H31ClN6O4.C26H32N6O4/c1-2-36-25-21-19(28)16-29-24(21)31-27(32-25)30-20-7-6-18(22-23(20)38-15-14-37-22)26(35)34-12-8-17(9-13-34)33-10-4-3-5-11-33;1-35-24-20-18(27)15-28-23(20)30-26(31-24)29-19-6-5-17(21-22(19)37-14-13-36-21)25(34)33-11-7-16(8-12-33)32-9-3-2-4-10-32;1-34-24-19-7-10-27-23(19)29-26(30-24)28-20-6-5-18(21-22(20)36-16-15-35-21)25(33)32-13-8-17(9-14-32)31-11-3-2-4-12-31/h6-7,16-17H,2-5,8-15H2,1H3,(H2,29,30,31,32);5-6,15-16H,2-4,7-14H2,1H3,(H2,28,29,30,31);5-7,10,17H,2-4,8-9,11-16H2,1H3,(H2,27,28,29,30). The van der Waals surface area contributed by atoms with Crippen LogP contribution in [0.25, 0.3) is 33.1 Å². The Morgan fingerprint density at radius 1 is 0.414 bits per heavy atom. The number of ether oxygens (including phenoxy) is 9. The van der Waals surface area contributed by atoms with Crippen LogP contribution in [-0.2, 0) is 0 Å². The van der Waals surface area contributed by atoms with Gasteiger partial charge in [-0.25, -0.2) is 0 Å². The fourth-order valence-electron chi connectivity index (χ4n) is 16.8. The second-order valence-electron chi connectivity index (χ2n) is 29.1. The number of H-pyrrole nitrogens is 3. The first-order valence-electron chi connectivity index (χ1n) is 39.3. The number of methoxy groups -OCH3 is 2. The number of carbonyl (C=O) groups excluding carboxylic acids is 3. The van der Waals surface area contributed by atoms with Crippen LogP contribution in [-0.4, -0.2) is 249 Å². The molecule has 9 aliphatic rings. The number of benzene rings is 3. The first-order valence-corrected chi connectivity index (χ1v) is 40.0. The van der Waals surface area contributed by atoms with Crippen molar-refractivity contribution in [2.45, 2.75) is 121 Å². The van der Waals surface area contributed by atoms with E-state index in [0.29, 0.717) is 206 Å². The quantitative estimate of drug-likeness (QED) is 0.0523. The smallest absolute Gasteiger partial charge is 0.257 e. The molecule has 111 heavy (non-hydrogen) atoms. The van der Waals surface area contributed by atoms with Crippen LogP contribution in [0.3, 0.4) is 0 Å². The van der Waals surface area contributed by atoms with E-state index in [1.165, 1.54) is 104 Å². The predicted octanol–water partition coefficient (Wildman–Crippen LogP) is 12.4. The van der Waals surface area contributed by atoms with Crippen LogP contribution in [0, 0.1) is 0 Å². The number of nitrogens with zero attached hydrogens (tertiary/aromatic N) is 12. The second-order valence-corrected chi connectivity index (χ2v) is 30.0. The fraction of sp³-hybridized carbons (Fsp3) is 0.506. The van der Waals surface area contributed by atoms with Crippen LogP contribution < -0.4 is 58.6 Å². The van der Waals surface area contributed by atoms with E-state index < -0.39 is 0 Å². The molecule has 9 aromatic rings. The Bertz CT molecular complexity index is 4810. The zero-order valence-electron chi connectivity index (χ0n) is 63.1. The minimum absolute atomic E-state index is 0.00822. The van der Waals surface area contributed by atoms with Gasteiger partial charge in [-0.3, -0.25) is 14.4 Å². The van der Waals surface area contributed by atoms with E-state index in [1.54, 1.807) is 43.9 Å². The van der Waals surface area contributed by atoms with E-state index in [4.69, 9.17) is 65.8 Å². The Morgan fingerprint density at radius 2 is 0.748 bits per heavy atom. The number of amides is 3. The molecule has 0 bridgehead atoms. The number of nitrogens with one attached hydrogen (secondary N) is 6. The monoisotopic (exact) mass is 1560 g/mol. The summed E-state index contributed by atoms with van der Waals surface area (Å²) in [5.74, 6) is 4.98. The number of fused-ring (bicyclic) bond motifs is 6. The molecule has 0 radical (unpaired) electrons. The summed E-state index contributed by atoms with van der Waals surface area (Å²) in [7, 11) is 3.11. The molecule has 9 aliphatic heterocycles. The molecule has 3 aromatic carbocycles. The molecule has 30 nitrogen and oxygen atoms in total. The lowest BCUT2D eigenvalue weighted by atomic mass is 9.99. The molecule has 6 aromatic heterocycles. The van der Waals surface area contributed by atoms with E-state index in [9.17, 15) is 14.4 Å². The molecule has 0 aliphatic carbocycles. The van der Waals surface area contributed by atoms with Crippen molar-refractivity contribution in [2.75, 3.05) is 155 Å². The van der Waals surface area contributed by atoms with Crippen LogP contribution in [0.5, 0.6) is 52.1 Å². The van der Waals surface area contributed by atoms with Crippen LogP contribution >= 0.6 is 23.2 Å². The molecule has 32 heteroatoms. The molecule has 0 unspecified atom stereocenters. The van der Waals surface area contributed by atoms with Crippen molar-refractivity contribution in [1.29, 1.82) is 0 Å². The third-order valence-electron chi connectivity index (χ3n) is 22.4. The average molecular weight is 1560 g/mol. The maximum absolute atomic E-state index is 13.6. The maximum Gasteiger partial charge on any atom is 0.257 e. The first-order chi connectivity index (χ1) is 54.4. The van der Waals surface area contributed by atoms with Gasteiger partial charge in [-0.05, 0) is 166 Å². The van der Waals surface area contributed by atoms with Gasteiger partial charge in [0, 0.05) is 76.0 Å². The highest BCUT2D eigenvalue weighted by molar-refractivity contribution is 6.36. The maximum atomic E-state index is 13.6. The number of anilines is 6. The number of hydrogen-bond donors (Lipinski definition) is 6. The molecule has 15 heterocycles. The topological polar surface area (TPSA) is 315 Å². The molecule has 6 fully saturated rings. The third kappa shape index (κ3) is 16.3. The predicted molar refractivity (Wildman–Crippen MR) is 421 cm³/mol. The highest BCUT2D eigenvalue weighted by atomic mass is 35.5. The summed E-state index contributed by atoms with van der Waals surface area (Å²) in [6.07, 6.45) is 22.9.